The second-order valence-corrected chi connectivity index (χ2v) is 7.46. The van der Waals surface area contributed by atoms with Crippen molar-refractivity contribution in [3.8, 4) is 0 Å². The summed E-state index contributed by atoms with van der Waals surface area (Å²) in [5.74, 6) is 0. The van der Waals surface area contributed by atoms with Crippen molar-refractivity contribution in [2.75, 3.05) is 25.0 Å². The SMILES string of the molecule is CNS(=O)(=O)c1ccc(N2CCC3CCC(C2)N3)cc1. The summed E-state index contributed by atoms with van der Waals surface area (Å²) >= 11 is 0. The molecule has 0 aliphatic carbocycles. The van der Waals surface area contributed by atoms with Crippen LogP contribution in [0, 0.1) is 0 Å². The quantitative estimate of drug-likeness (QED) is 0.871. The summed E-state index contributed by atoms with van der Waals surface area (Å²) in [7, 11) is -1.91. The summed E-state index contributed by atoms with van der Waals surface area (Å²) in [6, 6.07) is 8.40. The van der Waals surface area contributed by atoms with Gasteiger partial charge in [-0.2, -0.15) is 0 Å². The van der Waals surface area contributed by atoms with Gasteiger partial charge in [-0.05, 0) is 50.6 Å². The molecule has 2 unspecified atom stereocenters. The van der Waals surface area contributed by atoms with E-state index >= 15 is 0 Å². The van der Waals surface area contributed by atoms with Crippen molar-refractivity contribution < 1.29 is 8.42 Å². The maximum absolute atomic E-state index is 11.7. The zero-order valence-corrected chi connectivity index (χ0v) is 12.5. The molecule has 0 spiro atoms. The van der Waals surface area contributed by atoms with Gasteiger partial charge in [-0.25, -0.2) is 13.1 Å². The molecule has 1 aromatic rings. The fourth-order valence-electron chi connectivity index (χ4n) is 3.13. The third-order valence-electron chi connectivity index (χ3n) is 4.30. The molecule has 0 radical (unpaired) electrons. The van der Waals surface area contributed by atoms with Crippen molar-refractivity contribution >= 4 is 15.7 Å². The fraction of sp³-hybridized carbons (Fsp3) is 0.571. The van der Waals surface area contributed by atoms with Gasteiger partial charge in [0.2, 0.25) is 10.0 Å². The average molecular weight is 295 g/mol. The predicted octanol–water partition coefficient (Wildman–Crippen LogP) is 0.925. The van der Waals surface area contributed by atoms with Crippen LogP contribution in [-0.2, 0) is 10.0 Å². The lowest BCUT2D eigenvalue weighted by Crippen LogP contribution is -2.35. The molecular weight excluding hydrogens is 274 g/mol. The number of sulfonamides is 1. The zero-order valence-electron chi connectivity index (χ0n) is 11.7. The number of hydrogen-bond acceptors (Lipinski definition) is 4. The molecule has 2 bridgehead atoms. The Morgan fingerprint density at radius 3 is 2.55 bits per heavy atom. The van der Waals surface area contributed by atoms with E-state index in [0.717, 1.165) is 25.2 Å². The highest BCUT2D eigenvalue weighted by atomic mass is 32.2. The van der Waals surface area contributed by atoms with Crippen LogP contribution in [0.25, 0.3) is 0 Å². The van der Waals surface area contributed by atoms with Crippen molar-refractivity contribution in [2.24, 2.45) is 0 Å². The largest absolute Gasteiger partial charge is 0.370 e. The molecule has 6 heteroatoms. The third-order valence-corrected chi connectivity index (χ3v) is 5.73. The van der Waals surface area contributed by atoms with Gasteiger partial charge in [0.05, 0.1) is 4.90 Å². The maximum atomic E-state index is 11.7. The van der Waals surface area contributed by atoms with Gasteiger partial charge in [0, 0.05) is 30.9 Å². The van der Waals surface area contributed by atoms with Crippen molar-refractivity contribution in [1.82, 2.24) is 10.0 Å². The molecule has 5 nitrogen and oxygen atoms in total. The van der Waals surface area contributed by atoms with Gasteiger partial charge in [0.25, 0.3) is 0 Å². The summed E-state index contributed by atoms with van der Waals surface area (Å²) in [6.07, 6.45) is 3.69. The van der Waals surface area contributed by atoms with E-state index in [1.165, 1.54) is 19.9 Å². The molecule has 0 amide bonds. The minimum atomic E-state index is -3.34. The summed E-state index contributed by atoms with van der Waals surface area (Å²) in [5, 5.41) is 3.65. The van der Waals surface area contributed by atoms with Gasteiger partial charge >= 0.3 is 0 Å². The van der Waals surface area contributed by atoms with Crippen molar-refractivity contribution in [2.45, 2.75) is 36.2 Å². The maximum Gasteiger partial charge on any atom is 0.240 e. The second-order valence-electron chi connectivity index (χ2n) is 5.57. The standard InChI is InChI=1S/C14H21N3O2S/c1-15-20(18,19)14-6-4-13(5-7-14)17-9-8-11-2-3-12(10-17)16-11/h4-7,11-12,15-16H,2-3,8-10H2,1H3. The minimum Gasteiger partial charge on any atom is -0.370 e. The van der Waals surface area contributed by atoms with Crippen LogP contribution in [0.15, 0.2) is 29.2 Å². The van der Waals surface area contributed by atoms with Gasteiger partial charge in [0.15, 0.2) is 0 Å². The molecule has 0 saturated carbocycles. The summed E-state index contributed by atoms with van der Waals surface area (Å²) in [6.45, 7) is 2.04. The molecule has 3 rings (SSSR count). The lowest BCUT2D eigenvalue weighted by Gasteiger charge is -2.26. The van der Waals surface area contributed by atoms with Gasteiger partial charge < -0.3 is 10.2 Å². The van der Waals surface area contributed by atoms with Crippen LogP contribution < -0.4 is 14.9 Å². The topological polar surface area (TPSA) is 61.4 Å². The normalized spacial score (nSPS) is 26.6. The van der Waals surface area contributed by atoms with Crippen molar-refractivity contribution in [3.63, 3.8) is 0 Å². The Morgan fingerprint density at radius 2 is 1.85 bits per heavy atom. The molecule has 20 heavy (non-hydrogen) atoms. The Kier molecular flexibility index (Phi) is 3.70. The van der Waals surface area contributed by atoms with E-state index in [9.17, 15) is 8.42 Å². The van der Waals surface area contributed by atoms with Crippen molar-refractivity contribution in [1.29, 1.82) is 0 Å². The molecule has 2 aliphatic rings. The number of benzene rings is 1. The number of fused-ring (bicyclic) bond motifs is 2. The van der Waals surface area contributed by atoms with Crippen LogP contribution in [0.5, 0.6) is 0 Å². The third kappa shape index (κ3) is 2.68. The second kappa shape index (κ2) is 5.35. The molecule has 2 atom stereocenters. The number of hydrogen-bond donors (Lipinski definition) is 2. The molecule has 0 aromatic heterocycles. The van der Waals surface area contributed by atoms with Gasteiger partial charge in [0.1, 0.15) is 0 Å². The molecular formula is C14H21N3O2S. The minimum absolute atomic E-state index is 0.318. The van der Waals surface area contributed by atoms with E-state index in [4.69, 9.17) is 0 Å². The lowest BCUT2D eigenvalue weighted by molar-refractivity contribution is 0.563. The smallest absolute Gasteiger partial charge is 0.240 e. The highest BCUT2D eigenvalue weighted by Gasteiger charge is 2.29. The molecule has 110 valence electrons. The van der Waals surface area contributed by atoms with E-state index in [1.807, 2.05) is 12.1 Å². The average Bonchev–Trinajstić information content (AvgIpc) is 2.78. The van der Waals surface area contributed by atoms with Gasteiger partial charge in [-0.1, -0.05) is 0 Å². The van der Waals surface area contributed by atoms with Crippen LogP contribution >= 0.6 is 0 Å². The highest BCUT2D eigenvalue weighted by Crippen LogP contribution is 2.25. The summed E-state index contributed by atoms with van der Waals surface area (Å²) in [4.78, 5) is 2.67. The molecule has 2 N–H and O–H groups in total. The zero-order chi connectivity index (χ0) is 14.2. The van der Waals surface area contributed by atoms with Crippen LogP contribution in [0.1, 0.15) is 19.3 Å². The molecule has 1 aromatic carbocycles. The van der Waals surface area contributed by atoms with E-state index in [0.29, 0.717) is 17.0 Å². The molecule has 2 saturated heterocycles. The Hall–Kier alpha value is -1.11. The molecule has 2 fully saturated rings. The Labute approximate surface area is 120 Å². The van der Waals surface area contributed by atoms with Crippen LogP contribution in [0.3, 0.4) is 0 Å². The van der Waals surface area contributed by atoms with Gasteiger partial charge in [-0.15, -0.1) is 0 Å². The number of nitrogens with one attached hydrogen (secondary N) is 2. The Balaban J connectivity index is 1.77. The summed E-state index contributed by atoms with van der Waals surface area (Å²) < 4.78 is 25.8. The monoisotopic (exact) mass is 295 g/mol. The molecule has 2 heterocycles. The van der Waals surface area contributed by atoms with Crippen LogP contribution in [0.4, 0.5) is 5.69 Å². The first-order valence-electron chi connectivity index (χ1n) is 7.13. The van der Waals surface area contributed by atoms with E-state index < -0.39 is 10.0 Å². The Morgan fingerprint density at radius 1 is 1.15 bits per heavy atom. The fourth-order valence-corrected chi connectivity index (χ4v) is 3.86. The van der Waals surface area contributed by atoms with Crippen LogP contribution in [-0.4, -0.2) is 40.6 Å². The lowest BCUT2D eigenvalue weighted by atomic mass is 10.1. The van der Waals surface area contributed by atoms with E-state index in [-0.39, 0.29) is 0 Å². The van der Waals surface area contributed by atoms with E-state index in [1.54, 1.807) is 12.1 Å². The Bertz CT molecular complexity index is 571. The first kappa shape index (κ1) is 13.9. The van der Waals surface area contributed by atoms with Crippen LogP contribution in [0.2, 0.25) is 0 Å². The van der Waals surface area contributed by atoms with E-state index in [2.05, 4.69) is 14.9 Å². The summed E-state index contributed by atoms with van der Waals surface area (Å²) in [5.41, 5.74) is 1.11. The number of anilines is 1. The number of rotatable bonds is 3. The van der Waals surface area contributed by atoms with Gasteiger partial charge in [-0.3, -0.25) is 0 Å². The first-order valence-corrected chi connectivity index (χ1v) is 8.61. The predicted molar refractivity (Wildman–Crippen MR) is 79.5 cm³/mol. The molecule has 2 aliphatic heterocycles. The highest BCUT2D eigenvalue weighted by molar-refractivity contribution is 7.89. The number of nitrogens with zero attached hydrogens (tertiary/aromatic N) is 1. The van der Waals surface area contributed by atoms with Crippen molar-refractivity contribution in [3.05, 3.63) is 24.3 Å². The first-order chi connectivity index (χ1) is 9.58.